The highest BCUT2D eigenvalue weighted by atomic mass is 32.2. The second-order valence-corrected chi connectivity index (χ2v) is 9.75. The number of hydrogen-bond acceptors (Lipinski definition) is 5. The van der Waals surface area contributed by atoms with Crippen LogP contribution in [-0.2, 0) is 11.3 Å². The fraction of sp³-hybridized carbons (Fsp3) is 0.565. The Morgan fingerprint density at radius 3 is 2.58 bits per heavy atom. The van der Waals surface area contributed by atoms with E-state index in [-0.39, 0.29) is 17.5 Å². The van der Waals surface area contributed by atoms with Gasteiger partial charge < -0.3 is 5.32 Å². The largest absolute Gasteiger partial charge is 0.336 e. The van der Waals surface area contributed by atoms with E-state index in [0.717, 1.165) is 19.3 Å². The molecule has 3 rings (SSSR count). The lowest BCUT2D eigenvalue weighted by atomic mass is 10.0. The molecule has 1 atom stereocenters. The Labute approximate surface area is 187 Å². The van der Waals surface area contributed by atoms with E-state index in [1.165, 1.54) is 29.5 Å². The highest BCUT2D eigenvalue weighted by Crippen LogP contribution is 2.25. The smallest absolute Gasteiger partial charge is 0.324 e. The molecule has 7 nitrogen and oxygen atoms in total. The first-order valence-electron chi connectivity index (χ1n) is 11.1. The van der Waals surface area contributed by atoms with Crippen LogP contribution in [0.3, 0.4) is 0 Å². The number of urea groups is 1. The molecule has 3 amide bonds. The van der Waals surface area contributed by atoms with E-state index >= 15 is 0 Å². The third kappa shape index (κ3) is 5.87. The number of nitrogens with one attached hydrogen (secondary N) is 1. The number of imide groups is 1. The van der Waals surface area contributed by atoms with Crippen molar-refractivity contribution in [2.75, 3.05) is 13.1 Å². The van der Waals surface area contributed by atoms with E-state index in [4.69, 9.17) is 4.98 Å². The van der Waals surface area contributed by atoms with E-state index < -0.39 is 5.25 Å². The zero-order chi connectivity index (χ0) is 22.4. The van der Waals surface area contributed by atoms with Crippen molar-refractivity contribution in [3.63, 3.8) is 0 Å². The predicted molar refractivity (Wildman–Crippen MR) is 124 cm³/mol. The van der Waals surface area contributed by atoms with Crippen molar-refractivity contribution in [1.29, 1.82) is 0 Å². The molecule has 2 heterocycles. The van der Waals surface area contributed by atoms with Crippen LogP contribution >= 0.6 is 11.8 Å². The van der Waals surface area contributed by atoms with Crippen LogP contribution < -0.4 is 10.9 Å². The molecule has 1 unspecified atom stereocenters. The van der Waals surface area contributed by atoms with Crippen molar-refractivity contribution in [3.05, 3.63) is 34.6 Å². The van der Waals surface area contributed by atoms with Gasteiger partial charge in [0.05, 0.1) is 16.2 Å². The number of rotatable bonds is 10. The first-order chi connectivity index (χ1) is 14.9. The molecule has 0 radical (unpaired) electrons. The molecule has 1 aromatic carbocycles. The molecular weight excluding hydrogens is 412 g/mol. The maximum Gasteiger partial charge on any atom is 0.324 e. The fourth-order valence-electron chi connectivity index (χ4n) is 3.72. The molecule has 1 aliphatic rings. The molecule has 0 aliphatic carbocycles. The predicted octanol–water partition coefficient (Wildman–Crippen LogP) is 4.04. The number of nitrogens with zero attached hydrogens (tertiary/aromatic N) is 3. The van der Waals surface area contributed by atoms with Gasteiger partial charge in [0.25, 0.3) is 5.56 Å². The molecule has 0 bridgehead atoms. The minimum Gasteiger partial charge on any atom is -0.336 e. The molecule has 8 heteroatoms. The first-order valence-corrected chi connectivity index (χ1v) is 12.0. The third-order valence-corrected chi connectivity index (χ3v) is 6.57. The number of unbranched alkanes of at least 4 members (excludes halogenated alkanes) is 3. The molecule has 1 fully saturated rings. The van der Waals surface area contributed by atoms with Crippen molar-refractivity contribution in [2.45, 2.75) is 69.8 Å². The van der Waals surface area contributed by atoms with Gasteiger partial charge in [-0.15, -0.1) is 0 Å². The number of benzene rings is 1. The molecular formula is C23H32N4O3S. The third-order valence-electron chi connectivity index (χ3n) is 5.49. The van der Waals surface area contributed by atoms with Gasteiger partial charge >= 0.3 is 6.03 Å². The zero-order valence-corrected chi connectivity index (χ0v) is 19.4. The van der Waals surface area contributed by atoms with Crippen LogP contribution in [0.1, 0.15) is 52.9 Å². The lowest BCUT2D eigenvalue weighted by molar-refractivity contribution is -0.126. The van der Waals surface area contributed by atoms with Crippen LogP contribution in [0.25, 0.3) is 10.9 Å². The van der Waals surface area contributed by atoms with Gasteiger partial charge in [-0.1, -0.05) is 63.4 Å². The minimum atomic E-state index is -0.519. The highest BCUT2D eigenvalue weighted by Gasteiger charge is 2.31. The van der Waals surface area contributed by atoms with Crippen molar-refractivity contribution in [1.82, 2.24) is 19.8 Å². The van der Waals surface area contributed by atoms with Gasteiger partial charge in [-0.05, 0) is 31.4 Å². The van der Waals surface area contributed by atoms with Crippen LogP contribution in [0.2, 0.25) is 0 Å². The summed E-state index contributed by atoms with van der Waals surface area (Å²) < 4.78 is 1.70. The number of thioether (sulfide) groups is 1. The standard InChI is InChI=1S/C23H32N4O3S/c1-16(2)10-6-4-5-9-14-27-21(29)18-11-7-8-12-19(18)25-23(27)31-17(3)20(28)26-15-13-24-22(26)30/h7-8,11-12,16-17H,4-6,9-10,13-15H2,1-3H3,(H,24,30). The lowest BCUT2D eigenvalue weighted by Crippen LogP contribution is -2.39. The Morgan fingerprint density at radius 1 is 1.13 bits per heavy atom. The van der Waals surface area contributed by atoms with Gasteiger partial charge in [-0.2, -0.15) is 0 Å². The Bertz CT molecular complexity index is 988. The number of carbonyl (C=O) groups excluding carboxylic acids is 2. The van der Waals surface area contributed by atoms with Gasteiger partial charge in [0.15, 0.2) is 5.16 Å². The summed E-state index contributed by atoms with van der Waals surface area (Å²) in [5.41, 5.74) is 0.551. The summed E-state index contributed by atoms with van der Waals surface area (Å²) in [6.07, 6.45) is 5.52. The fourth-order valence-corrected chi connectivity index (χ4v) is 4.72. The Balaban J connectivity index is 1.76. The van der Waals surface area contributed by atoms with Gasteiger partial charge in [0, 0.05) is 19.6 Å². The van der Waals surface area contributed by atoms with Crippen LogP contribution in [0.5, 0.6) is 0 Å². The van der Waals surface area contributed by atoms with Gasteiger partial charge in [-0.25, -0.2) is 9.78 Å². The van der Waals surface area contributed by atoms with Crippen molar-refractivity contribution in [2.24, 2.45) is 5.92 Å². The summed E-state index contributed by atoms with van der Waals surface area (Å²) in [7, 11) is 0. The van der Waals surface area contributed by atoms with E-state index in [1.54, 1.807) is 17.6 Å². The molecule has 0 saturated carbocycles. The Morgan fingerprint density at radius 2 is 1.87 bits per heavy atom. The number of aromatic nitrogens is 2. The minimum absolute atomic E-state index is 0.0751. The monoisotopic (exact) mass is 444 g/mol. The molecule has 1 N–H and O–H groups in total. The molecule has 31 heavy (non-hydrogen) atoms. The Kier molecular flexibility index (Phi) is 8.12. The second-order valence-electron chi connectivity index (χ2n) is 8.45. The van der Waals surface area contributed by atoms with Crippen LogP contribution in [0.4, 0.5) is 4.79 Å². The van der Waals surface area contributed by atoms with E-state index in [9.17, 15) is 14.4 Å². The number of fused-ring (bicyclic) bond motifs is 1. The van der Waals surface area contributed by atoms with Gasteiger partial charge in [-0.3, -0.25) is 19.1 Å². The molecule has 1 saturated heterocycles. The number of hydrogen-bond donors (Lipinski definition) is 1. The quantitative estimate of drug-likeness (QED) is 0.340. The van der Waals surface area contributed by atoms with Crippen LogP contribution in [-0.4, -0.2) is 44.7 Å². The highest BCUT2D eigenvalue weighted by molar-refractivity contribution is 8.00. The topological polar surface area (TPSA) is 84.3 Å². The van der Waals surface area contributed by atoms with E-state index in [1.807, 2.05) is 18.2 Å². The van der Waals surface area contributed by atoms with Gasteiger partial charge in [0.2, 0.25) is 5.91 Å². The molecule has 1 aliphatic heterocycles. The molecule has 2 aromatic rings. The maximum atomic E-state index is 13.2. The van der Waals surface area contributed by atoms with Crippen molar-refractivity contribution < 1.29 is 9.59 Å². The van der Waals surface area contributed by atoms with Crippen LogP contribution in [0.15, 0.2) is 34.2 Å². The number of amides is 3. The molecule has 1 aromatic heterocycles. The van der Waals surface area contributed by atoms with Gasteiger partial charge in [0.1, 0.15) is 0 Å². The normalized spacial score (nSPS) is 15.0. The second kappa shape index (κ2) is 10.8. The SMILES string of the molecule is CC(C)CCCCCCn1c(SC(C)C(=O)N2CCNC2=O)nc2ccccc2c1=O. The van der Waals surface area contributed by atoms with Crippen molar-refractivity contribution >= 4 is 34.6 Å². The maximum absolute atomic E-state index is 13.2. The van der Waals surface area contributed by atoms with Crippen molar-refractivity contribution in [3.8, 4) is 0 Å². The number of carbonyl (C=O) groups is 2. The summed E-state index contributed by atoms with van der Waals surface area (Å²) in [4.78, 5) is 43.7. The molecule has 0 spiro atoms. The average Bonchev–Trinajstić information content (AvgIpc) is 3.17. The Hall–Kier alpha value is -2.35. The summed E-state index contributed by atoms with van der Waals surface area (Å²) in [6.45, 7) is 7.65. The summed E-state index contributed by atoms with van der Waals surface area (Å²) in [6, 6.07) is 6.94. The lowest BCUT2D eigenvalue weighted by Gasteiger charge is -2.19. The molecule has 168 valence electrons. The van der Waals surface area contributed by atoms with E-state index in [0.29, 0.717) is 41.6 Å². The van der Waals surface area contributed by atoms with Crippen LogP contribution in [0, 0.1) is 5.92 Å². The summed E-state index contributed by atoms with van der Waals surface area (Å²) in [5.74, 6) is 0.453. The summed E-state index contributed by atoms with van der Waals surface area (Å²) >= 11 is 1.25. The average molecular weight is 445 g/mol. The van der Waals surface area contributed by atoms with E-state index in [2.05, 4.69) is 19.2 Å². The number of para-hydroxylation sites is 1. The first kappa shape index (κ1) is 23.3. The zero-order valence-electron chi connectivity index (χ0n) is 18.6. The summed E-state index contributed by atoms with van der Waals surface area (Å²) in [5, 5.41) is 3.25.